The van der Waals surface area contributed by atoms with Crippen LogP contribution in [0.5, 0.6) is 0 Å². The first-order chi connectivity index (χ1) is 14.0. The number of ether oxygens (including phenoxy) is 1. The van der Waals surface area contributed by atoms with Crippen LogP contribution in [0.25, 0.3) is 11.1 Å². The van der Waals surface area contributed by atoms with Gasteiger partial charge in [-0.2, -0.15) is 0 Å². The van der Waals surface area contributed by atoms with Gasteiger partial charge in [-0.3, -0.25) is 19.5 Å². The van der Waals surface area contributed by atoms with E-state index >= 15 is 0 Å². The molecule has 3 heterocycles. The summed E-state index contributed by atoms with van der Waals surface area (Å²) in [6.45, 7) is 4.89. The van der Waals surface area contributed by atoms with E-state index in [1.165, 1.54) is 27.1 Å². The van der Waals surface area contributed by atoms with E-state index in [0.717, 1.165) is 25.0 Å². The second kappa shape index (κ2) is 8.08. The van der Waals surface area contributed by atoms with Gasteiger partial charge in [-0.25, -0.2) is 9.97 Å². The third kappa shape index (κ3) is 3.84. The van der Waals surface area contributed by atoms with Crippen molar-refractivity contribution in [2.24, 2.45) is 5.92 Å². The number of amides is 1. The Balaban J connectivity index is 1.64. The summed E-state index contributed by atoms with van der Waals surface area (Å²) in [4.78, 5) is 36.0. The number of rotatable bonds is 6. The van der Waals surface area contributed by atoms with E-state index in [9.17, 15) is 9.59 Å². The third-order valence-electron chi connectivity index (χ3n) is 5.24. The SMILES string of the molecule is COCCCn1cnc2oc(C)c(C(=O)Nc3nc4c(s3)CC(C)CC4)c2c1=O. The molecule has 1 N–H and O–H groups in total. The van der Waals surface area contributed by atoms with E-state index in [1.807, 2.05) is 0 Å². The van der Waals surface area contributed by atoms with Gasteiger partial charge in [0, 0.05) is 25.1 Å². The number of methoxy groups -OCH3 is 1. The lowest BCUT2D eigenvalue weighted by molar-refractivity contribution is 0.102. The molecule has 8 nitrogen and oxygen atoms in total. The first-order valence-corrected chi connectivity index (χ1v) is 10.6. The Bertz CT molecular complexity index is 1110. The number of aryl methyl sites for hydroxylation is 3. The minimum absolute atomic E-state index is 0.174. The molecule has 0 saturated heterocycles. The van der Waals surface area contributed by atoms with Crippen molar-refractivity contribution in [2.75, 3.05) is 19.0 Å². The fourth-order valence-electron chi connectivity index (χ4n) is 3.70. The molecule has 0 aromatic carbocycles. The molecule has 1 unspecified atom stereocenters. The van der Waals surface area contributed by atoms with Crippen molar-refractivity contribution in [2.45, 2.75) is 46.1 Å². The second-order valence-electron chi connectivity index (χ2n) is 7.49. The lowest BCUT2D eigenvalue weighted by Gasteiger charge is -2.15. The van der Waals surface area contributed by atoms with Crippen LogP contribution < -0.4 is 10.9 Å². The van der Waals surface area contributed by atoms with Gasteiger partial charge < -0.3 is 9.15 Å². The molecule has 3 aromatic heterocycles. The Morgan fingerprint density at radius 2 is 2.31 bits per heavy atom. The number of furan rings is 1. The van der Waals surface area contributed by atoms with Gasteiger partial charge in [-0.05, 0) is 38.5 Å². The van der Waals surface area contributed by atoms with Gasteiger partial charge in [0.1, 0.15) is 17.5 Å². The number of carbonyl (C=O) groups is 1. The number of hydrogen-bond acceptors (Lipinski definition) is 7. The average molecular weight is 417 g/mol. The van der Waals surface area contributed by atoms with Gasteiger partial charge in [0.25, 0.3) is 11.5 Å². The maximum Gasteiger partial charge on any atom is 0.265 e. The zero-order valence-electron chi connectivity index (χ0n) is 16.8. The summed E-state index contributed by atoms with van der Waals surface area (Å²) in [5.41, 5.74) is 1.17. The summed E-state index contributed by atoms with van der Waals surface area (Å²) < 4.78 is 12.1. The zero-order chi connectivity index (χ0) is 20.5. The lowest BCUT2D eigenvalue weighted by Crippen LogP contribution is -2.23. The van der Waals surface area contributed by atoms with Gasteiger partial charge in [0.2, 0.25) is 5.71 Å². The molecule has 4 rings (SSSR count). The van der Waals surface area contributed by atoms with E-state index < -0.39 is 5.91 Å². The van der Waals surface area contributed by atoms with Crippen molar-refractivity contribution in [1.82, 2.24) is 14.5 Å². The molecule has 1 atom stereocenters. The van der Waals surface area contributed by atoms with Gasteiger partial charge in [-0.1, -0.05) is 6.92 Å². The van der Waals surface area contributed by atoms with E-state index in [-0.39, 0.29) is 22.2 Å². The smallest absolute Gasteiger partial charge is 0.265 e. The molecule has 29 heavy (non-hydrogen) atoms. The van der Waals surface area contributed by atoms with Gasteiger partial charge in [-0.15, -0.1) is 11.3 Å². The second-order valence-corrected chi connectivity index (χ2v) is 8.58. The van der Waals surface area contributed by atoms with Crippen molar-refractivity contribution in [3.05, 3.63) is 38.6 Å². The van der Waals surface area contributed by atoms with Crippen molar-refractivity contribution in [3.8, 4) is 0 Å². The molecule has 9 heteroatoms. The molecular weight excluding hydrogens is 392 g/mol. The predicted molar refractivity (Wildman–Crippen MR) is 111 cm³/mol. The Morgan fingerprint density at radius 3 is 3.10 bits per heavy atom. The standard InChI is InChI=1S/C20H24N4O4S/c1-11-5-6-13-14(9-11)29-20(22-13)23-17(25)15-12(2)28-18-16(15)19(26)24(10-21-18)7-4-8-27-3/h10-11H,4-9H2,1-3H3,(H,22,23,25). The van der Waals surface area contributed by atoms with E-state index in [1.54, 1.807) is 14.0 Å². The zero-order valence-corrected chi connectivity index (χ0v) is 17.6. The minimum Gasteiger partial charge on any atom is -0.442 e. The quantitative estimate of drug-likeness (QED) is 0.620. The van der Waals surface area contributed by atoms with Crippen LogP contribution in [-0.4, -0.2) is 34.2 Å². The summed E-state index contributed by atoms with van der Waals surface area (Å²) in [5, 5.41) is 3.63. The van der Waals surface area contributed by atoms with Crippen LogP contribution >= 0.6 is 11.3 Å². The molecule has 154 valence electrons. The number of carbonyl (C=O) groups excluding carboxylic acids is 1. The van der Waals surface area contributed by atoms with Crippen molar-refractivity contribution in [3.63, 3.8) is 0 Å². The highest BCUT2D eigenvalue weighted by atomic mass is 32.1. The Morgan fingerprint density at radius 1 is 1.48 bits per heavy atom. The molecule has 1 aliphatic rings. The lowest BCUT2D eigenvalue weighted by atomic mass is 9.93. The predicted octanol–water partition coefficient (Wildman–Crippen LogP) is 3.17. The number of nitrogens with one attached hydrogen (secondary N) is 1. The fraction of sp³-hybridized carbons (Fsp3) is 0.500. The van der Waals surface area contributed by atoms with Crippen molar-refractivity contribution < 1.29 is 13.9 Å². The minimum atomic E-state index is -0.395. The van der Waals surface area contributed by atoms with Crippen LogP contribution in [0.15, 0.2) is 15.5 Å². The Labute approximate surface area is 171 Å². The van der Waals surface area contributed by atoms with Gasteiger partial charge in [0.15, 0.2) is 5.13 Å². The summed E-state index contributed by atoms with van der Waals surface area (Å²) >= 11 is 1.51. The van der Waals surface area contributed by atoms with Crippen molar-refractivity contribution >= 4 is 33.5 Å². The molecule has 1 amide bonds. The van der Waals surface area contributed by atoms with E-state index in [0.29, 0.717) is 36.4 Å². The summed E-state index contributed by atoms with van der Waals surface area (Å²) in [6, 6.07) is 0. The molecule has 0 aliphatic heterocycles. The monoisotopic (exact) mass is 416 g/mol. The largest absolute Gasteiger partial charge is 0.442 e. The molecular formula is C20H24N4O4S. The first-order valence-electron chi connectivity index (χ1n) is 9.75. The normalized spacial score (nSPS) is 16.2. The molecule has 0 bridgehead atoms. The molecule has 0 spiro atoms. The van der Waals surface area contributed by atoms with Crippen LogP contribution in [0.3, 0.4) is 0 Å². The van der Waals surface area contributed by atoms with Crippen LogP contribution in [0, 0.1) is 12.8 Å². The van der Waals surface area contributed by atoms with E-state index in [4.69, 9.17) is 9.15 Å². The van der Waals surface area contributed by atoms with Gasteiger partial charge in [0.05, 0.1) is 11.3 Å². The summed E-state index contributed by atoms with van der Waals surface area (Å²) in [6.07, 6.45) is 5.16. The molecule has 0 radical (unpaired) electrons. The summed E-state index contributed by atoms with van der Waals surface area (Å²) in [5.74, 6) is 0.606. The number of aromatic nitrogens is 3. The fourth-order valence-corrected chi connectivity index (χ4v) is 4.87. The maximum atomic E-state index is 13.0. The topological polar surface area (TPSA) is 99.2 Å². The van der Waals surface area contributed by atoms with Crippen LogP contribution in [0.2, 0.25) is 0 Å². The number of anilines is 1. The Kier molecular flexibility index (Phi) is 5.51. The molecule has 0 fully saturated rings. The highest BCUT2D eigenvalue weighted by Crippen LogP contribution is 2.32. The number of nitrogens with zero attached hydrogens (tertiary/aromatic N) is 3. The Hall–Kier alpha value is -2.52. The van der Waals surface area contributed by atoms with Crippen molar-refractivity contribution in [1.29, 1.82) is 0 Å². The molecule has 1 aliphatic carbocycles. The van der Waals surface area contributed by atoms with E-state index in [2.05, 4.69) is 22.2 Å². The number of thiazole rings is 1. The summed E-state index contributed by atoms with van der Waals surface area (Å²) in [7, 11) is 1.61. The highest BCUT2D eigenvalue weighted by molar-refractivity contribution is 7.15. The molecule has 0 saturated carbocycles. The highest BCUT2D eigenvalue weighted by Gasteiger charge is 2.25. The molecule has 3 aromatic rings. The van der Waals surface area contributed by atoms with Crippen LogP contribution in [0.4, 0.5) is 5.13 Å². The third-order valence-corrected chi connectivity index (χ3v) is 6.27. The number of fused-ring (bicyclic) bond motifs is 2. The first kappa shape index (κ1) is 19.8. The van der Waals surface area contributed by atoms with Gasteiger partial charge >= 0.3 is 0 Å². The van der Waals surface area contributed by atoms with Crippen LogP contribution in [0.1, 0.15) is 46.5 Å². The number of hydrogen-bond donors (Lipinski definition) is 1. The average Bonchev–Trinajstić information content (AvgIpc) is 3.23. The maximum absolute atomic E-state index is 13.0. The van der Waals surface area contributed by atoms with Crippen LogP contribution in [-0.2, 0) is 24.1 Å².